The first-order valence-corrected chi connectivity index (χ1v) is 7.69. The predicted octanol–water partition coefficient (Wildman–Crippen LogP) is 2.61. The lowest BCUT2D eigenvalue weighted by Gasteiger charge is -2.35. The highest BCUT2D eigenvalue weighted by molar-refractivity contribution is 5.44. The molecule has 0 amide bonds. The Morgan fingerprint density at radius 1 is 1.32 bits per heavy atom. The summed E-state index contributed by atoms with van der Waals surface area (Å²) in [5.41, 5.74) is 0. The lowest BCUT2D eigenvalue weighted by Crippen LogP contribution is -2.40. The number of hydrogen-bond acceptors (Lipinski definition) is 6. The Morgan fingerprint density at radius 3 is 3.00 bits per heavy atom. The highest BCUT2D eigenvalue weighted by Gasteiger charge is 2.28. The fourth-order valence-corrected chi connectivity index (χ4v) is 2.59. The van der Waals surface area contributed by atoms with Gasteiger partial charge in [-0.05, 0) is 19.1 Å². The quantitative estimate of drug-likeness (QED) is 0.846. The van der Waals surface area contributed by atoms with Gasteiger partial charge in [0.1, 0.15) is 29.7 Å². The van der Waals surface area contributed by atoms with Gasteiger partial charge in [0.25, 0.3) is 0 Å². The molecular formula is C16H21N3O3. The summed E-state index contributed by atoms with van der Waals surface area (Å²) in [6.07, 6.45) is 2.42. The van der Waals surface area contributed by atoms with Crippen molar-refractivity contribution in [3.05, 3.63) is 36.0 Å². The molecular weight excluding hydrogens is 282 g/mol. The molecule has 0 aliphatic carbocycles. The molecule has 6 heteroatoms. The van der Waals surface area contributed by atoms with Crippen molar-refractivity contribution in [1.82, 2.24) is 9.97 Å². The van der Waals surface area contributed by atoms with Crippen molar-refractivity contribution in [2.75, 3.05) is 31.3 Å². The zero-order valence-corrected chi connectivity index (χ0v) is 13.0. The summed E-state index contributed by atoms with van der Waals surface area (Å²) in [7, 11) is 0. The molecule has 1 aliphatic rings. The monoisotopic (exact) mass is 303 g/mol. The summed E-state index contributed by atoms with van der Waals surface area (Å²) in [6, 6.07) is 5.94. The van der Waals surface area contributed by atoms with E-state index in [9.17, 15) is 0 Å². The molecule has 3 heterocycles. The van der Waals surface area contributed by atoms with Crippen molar-refractivity contribution in [3.63, 3.8) is 0 Å². The van der Waals surface area contributed by atoms with Crippen LogP contribution >= 0.6 is 0 Å². The highest BCUT2D eigenvalue weighted by atomic mass is 16.5. The van der Waals surface area contributed by atoms with Gasteiger partial charge < -0.3 is 18.8 Å². The van der Waals surface area contributed by atoms with E-state index in [4.69, 9.17) is 13.9 Å². The maximum Gasteiger partial charge on any atom is 0.218 e. The van der Waals surface area contributed by atoms with Gasteiger partial charge in [0.15, 0.2) is 0 Å². The van der Waals surface area contributed by atoms with Crippen LogP contribution in [0.25, 0.3) is 0 Å². The Hall–Kier alpha value is -2.08. The summed E-state index contributed by atoms with van der Waals surface area (Å²) in [6.45, 7) is 6.62. The minimum absolute atomic E-state index is 0.0263. The molecule has 0 bridgehead atoms. The van der Waals surface area contributed by atoms with Gasteiger partial charge in [0.2, 0.25) is 5.88 Å². The molecule has 6 nitrogen and oxygen atoms in total. The highest BCUT2D eigenvalue weighted by Crippen LogP contribution is 2.30. The number of aromatic nitrogens is 2. The van der Waals surface area contributed by atoms with Crippen LogP contribution in [0.5, 0.6) is 5.88 Å². The van der Waals surface area contributed by atoms with E-state index in [1.54, 1.807) is 0 Å². The third-order valence-electron chi connectivity index (χ3n) is 3.70. The first kappa shape index (κ1) is 14.8. The van der Waals surface area contributed by atoms with Crippen LogP contribution in [0.1, 0.15) is 31.4 Å². The van der Waals surface area contributed by atoms with Gasteiger partial charge in [-0.1, -0.05) is 6.92 Å². The summed E-state index contributed by atoms with van der Waals surface area (Å²) >= 11 is 0. The van der Waals surface area contributed by atoms with E-state index in [0.717, 1.165) is 30.3 Å². The van der Waals surface area contributed by atoms with E-state index in [1.807, 2.05) is 25.1 Å². The summed E-state index contributed by atoms with van der Waals surface area (Å²) in [4.78, 5) is 10.7. The predicted molar refractivity (Wildman–Crippen MR) is 82.2 cm³/mol. The Kier molecular flexibility index (Phi) is 4.58. The number of ether oxygens (including phenoxy) is 2. The lowest BCUT2D eigenvalue weighted by molar-refractivity contribution is 0.0868. The van der Waals surface area contributed by atoms with Gasteiger partial charge in [-0.25, -0.2) is 9.97 Å². The normalized spacial score (nSPS) is 18.5. The topological polar surface area (TPSA) is 60.6 Å². The number of hydrogen-bond donors (Lipinski definition) is 0. The van der Waals surface area contributed by atoms with Crippen LogP contribution in [0.4, 0.5) is 5.82 Å². The Morgan fingerprint density at radius 2 is 2.23 bits per heavy atom. The van der Waals surface area contributed by atoms with Gasteiger partial charge in [0.05, 0.1) is 19.8 Å². The average Bonchev–Trinajstić information content (AvgIpc) is 3.04. The van der Waals surface area contributed by atoms with Gasteiger partial charge >= 0.3 is 0 Å². The van der Waals surface area contributed by atoms with Crippen LogP contribution in [0.3, 0.4) is 0 Å². The first-order valence-electron chi connectivity index (χ1n) is 7.69. The Balaban J connectivity index is 1.87. The van der Waals surface area contributed by atoms with Crippen molar-refractivity contribution in [3.8, 4) is 5.88 Å². The molecule has 0 saturated carbocycles. The van der Waals surface area contributed by atoms with Crippen LogP contribution in [0.2, 0.25) is 0 Å². The van der Waals surface area contributed by atoms with Crippen LogP contribution in [0, 0.1) is 0 Å². The average molecular weight is 303 g/mol. The second kappa shape index (κ2) is 6.79. The maximum absolute atomic E-state index is 5.91. The molecule has 1 unspecified atom stereocenters. The fraction of sp³-hybridized carbons (Fsp3) is 0.500. The van der Waals surface area contributed by atoms with Crippen LogP contribution < -0.4 is 9.64 Å². The molecule has 0 spiro atoms. The maximum atomic E-state index is 5.91. The summed E-state index contributed by atoms with van der Waals surface area (Å²) in [5, 5.41) is 0. The lowest BCUT2D eigenvalue weighted by atomic mass is 10.1. The van der Waals surface area contributed by atoms with Gasteiger partial charge in [0, 0.05) is 19.0 Å². The van der Waals surface area contributed by atoms with Crippen molar-refractivity contribution in [2.45, 2.75) is 26.3 Å². The van der Waals surface area contributed by atoms with Crippen LogP contribution in [0.15, 0.2) is 28.9 Å². The number of morpholine rings is 1. The minimum Gasteiger partial charge on any atom is -0.478 e. The minimum atomic E-state index is 0.0263. The number of rotatable bonds is 5. The molecule has 2 aromatic heterocycles. The third kappa shape index (κ3) is 3.06. The van der Waals surface area contributed by atoms with Gasteiger partial charge in [-0.2, -0.15) is 0 Å². The molecule has 0 radical (unpaired) electrons. The Labute approximate surface area is 130 Å². The van der Waals surface area contributed by atoms with Gasteiger partial charge in [-0.15, -0.1) is 0 Å². The molecule has 22 heavy (non-hydrogen) atoms. The zero-order chi connectivity index (χ0) is 15.4. The molecule has 1 atom stereocenters. The third-order valence-corrected chi connectivity index (χ3v) is 3.70. The SMILES string of the molecule is CCOc1cc(N2CCOCC2c2ccc(CC)o2)ncn1. The van der Waals surface area contributed by atoms with E-state index in [0.29, 0.717) is 25.7 Å². The van der Waals surface area contributed by atoms with E-state index in [-0.39, 0.29) is 6.04 Å². The van der Waals surface area contributed by atoms with Crippen molar-refractivity contribution in [1.29, 1.82) is 0 Å². The van der Waals surface area contributed by atoms with E-state index < -0.39 is 0 Å². The molecule has 1 saturated heterocycles. The first-order chi connectivity index (χ1) is 10.8. The zero-order valence-electron chi connectivity index (χ0n) is 13.0. The van der Waals surface area contributed by atoms with Crippen molar-refractivity contribution < 1.29 is 13.9 Å². The van der Waals surface area contributed by atoms with Crippen LogP contribution in [-0.2, 0) is 11.2 Å². The second-order valence-electron chi connectivity index (χ2n) is 5.09. The second-order valence-corrected chi connectivity index (χ2v) is 5.09. The molecule has 0 aromatic carbocycles. The number of furan rings is 1. The van der Waals surface area contributed by atoms with E-state index in [1.165, 1.54) is 6.33 Å². The fourth-order valence-electron chi connectivity index (χ4n) is 2.59. The standard InChI is InChI=1S/C16H21N3O3/c1-3-12-5-6-14(22-12)13-10-20-8-7-19(13)15-9-16(21-4-2)18-11-17-15/h5-6,9,11,13H,3-4,7-8,10H2,1-2H3. The number of nitrogens with zero attached hydrogens (tertiary/aromatic N) is 3. The molecule has 1 fully saturated rings. The molecule has 3 rings (SSSR count). The van der Waals surface area contributed by atoms with E-state index >= 15 is 0 Å². The molecule has 118 valence electrons. The largest absolute Gasteiger partial charge is 0.478 e. The summed E-state index contributed by atoms with van der Waals surface area (Å²) in [5.74, 6) is 3.32. The number of aryl methyl sites for hydroxylation is 1. The summed E-state index contributed by atoms with van der Waals surface area (Å²) < 4.78 is 17.0. The molecule has 1 aliphatic heterocycles. The smallest absolute Gasteiger partial charge is 0.218 e. The number of anilines is 1. The van der Waals surface area contributed by atoms with Gasteiger partial charge in [-0.3, -0.25) is 0 Å². The van der Waals surface area contributed by atoms with E-state index in [2.05, 4.69) is 21.8 Å². The van der Waals surface area contributed by atoms with Crippen molar-refractivity contribution >= 4 is 5.82 Å². The van der Waals surface area contributed by atoms with Crippen molar-refractivity contribution in [2.24, 2.45) is 0 Å². The molecule has 2 aromatic rings. The molecule has 0 N–H and O–H groups in total. The Bertz CT molecular complexity index is 614. The van der Waals surface area contributed by atoms with Crippen LogP contribution in [-0.4, -0.2) is 36.3 Å².